The van der Waals surface area contributed by atoms with E-state index in [9.17, 15) is 14.0 Å². The SMILES string of the molecule is C[C@H](NC(=O)Cn1nc2cncc(N3CCCCC3)n2c1=O)c1ccc(Cl)c(F)c1. The van der Waals surface area contributed by atoms with Crippen molar-refractivity contribution in [3.63, 3.8) is 0 Å². The minimum atomic E-state index is -0.551. The summed E-state index contributed by atoms with van der Waals surface area (Å²) in [6, 6.07) is 3.91. The molecule has 10 heteroatoms. The highest BCUT2D eigenvalue weighted by Crippen LogP contribution is 2.20. The van der Waals surface area contributed by atoms with E-state index < -0.39 is 23.5 Å². The molecule has 1 amide bonds. The predicted molar refractivity (Wildman–Crippen MR) is 111 cm³/mol. The molecule has 0 aliphatic carbocycles. The number of nitrogens with one attached hydrogen (secondary N) is 1. The van der Waals surface area contributed by atoms with E-state index in [0.717, 1.165) is 30.6 Å². The first-order chi connectivity index (χ1) is 14.4. The zero-order valence-corrected chi connectivity index (χ0v) is 17.3. The summed E-state index contributed by atoms with van der Waals surface area (Å²) in [5, 5.41) is 7.03. The molecule has 1 aromatic carbocycles. The molecule has 1 aliphatic heterocycles. The Labute approximate surface area is 177 Å². The topological polar surface area (TPSA) is 84.5 Å². The van der Waals surface area contributed by atoms with Crippen molar-refractivity contribution in [2.45, 2.75) is 38.8 Å². The fourth-order valence-corrected chi connectivity index (χ4v) is 3.81. The predicted octanol–water partition coefficient (Wildman–Crippen LogP) is 2.55. The van der Waals surface area contributed by atoms with Crippen LogP contribution >= 0.6 is 11.6 Å². The quantitative estimate of drug-likeness (QED) is 0.669. The minimum Gasteiger partial charge on any atom is -0.356 e. The first-order valence-corrected chi connectivity index (χ1v) is 10.2. The summed E-state index contributed by atoms with van der Waals surface area (Å²) >= 11 is 5.70. The fraction of sp³-hybridized carbons (Fsp3) is 0.400. The van der Waals surface area contributed by atoms with Gasteiger partial charge in [-0.3, -0.25) is 9.78 Å². The third-order valence-corrected chi connectivity index (χ3v) is 5.57. The van der Waals surface area contributed by atoms with Crippen LogP contribution in [0.15, 0.2) is 35.4 Å². The number of halogens is 2. The Balaban J connectivity index is 1.53. The molecule has 0 bridgehead atoms. The van der Waals surface area contributed by atoms with E-state index in [1.54, 1.807) is 19.2 Å². The molecule has 2 aromatic heterocycles. The number of benzene rings is 1. The monoisotopic (exact) mass is 432 g/mol. The third-order valence-electron chi connectivity index (χ3n) is 5.27. The molecule has 158 valence electrons. The lowest BCUT2D eigenvalue weighted by atomic mass is 10.1. The number of hydrogen-bond acceptors (Lipinski definition) is 5. The van der Waals surface area contributed by atoms with Crippen molar-refractivity contribution in [3.05, 3.63) is 57.5 Å². The number of carbonyl (C=O) groups is 1. The first kappa shape index (κ1) is 20.3. The summed E-state index contributed by atoms with van der Waals surface area (Å²) in [5.41, 5.74) is 0.571. The number of fused-ring (bicyclic) bond motifs is 1. The van der Waals surface area contributed by atoms with Crippen molar-refractivity contribution >= 4 is 29.0 Å². The highest BCUT2D eigenvalue weighted by atomic mass is 35.5. The molecule has 0 radical (unpaired) electrons. The molecule has 3 heterocycles. The van der Waals surface area contributed by atoms with Gasteiger partial charge in [-0.05, 0) is 43.9 Å². The Morgan fingerprint density at radius 3 is 2.77 bits per heavy atom. The molecule has 0 spiro atoms. The Morgan fingerprint density at radius 2 is 2.03 bits per heavy atom. The van der Waals surface area contributed by atoms with Crippen LogP contribution in [0.2, 0.25) is 5.02 Å². The standard InChI is InChI=1S/C20H22ClFN6O2/c1-13(14-5-6-15(21)16(22)9-14)24-18(29)12-27-20(30)28-17(25-27)10-23-11-19(28)26-7-3-2-4-8-26/h5-6,9-11,13H,2-4,7-8,12H2,1H3,(H,24,29)/t13-/m0/s1. The molecule has 1 atom stereocenters. The number of nitrogens with zero attached hydrogens (tertiary/aromatic N) is 5. The van der Waals surface area contributed by atoms with Gasteiger partial charge in [0.1, 0.15) is 18.2 Å². The number of rotatable bonds is 5. The number of amides is 1. The number of piperidine rings is 1. The van der Waals surface area contributed by atoms with Crippen LogP contribution < -0.4 is 15.9 Å². The second-order valence-corrected chi connectivity index (χ2v) is 7.82. The molecule has 1 N–H and O–H groups in total. The highest BCUT2D eigenvalue weighted by molar-refractivity contribution is 6.30. The minimum absolute atomic E-state index is 0.0200. The van der Waals surface area contributed by atoms with Gasteiger partial charge < -0.3 is 10.2 Å². The van der Waals surface area contributed by atoms with Crippen LogP contribution in [0.1, 0.15) is 37.8 Å². The summed E-state index contributed by atoms with van der Waals surface area (Å²) in [6.45, 7) is 3.19. The van der Waals surface area contributed by atoms with Crippen molar-refractivity contribution in [1.29, 1.82) is 0 Å². The maximum Gasteiger partial charge on any atom is 0.352 e. The van der Waals surface area contributed by atoms with Crippen molar-refractivity contribution in [3.8, 4) is 0 Å². The largest absolute Gasteiger partial charge is 0.356 e. The summed E-state index contributed by atoms with van der Waals surface area (Å²) in [7, 11) is 0. The summed E-state index contributed by atoms with van der Waals surface area (Å²) in [6.07, 6.45) is 6.45. The Kier molecular flexibility index (Phi) is 5.72. The van der Waals surface area contributed by atoms with Gasteiger partial charge >= 0.3 is 5.69 Å². The van der Waals surface area contributed by atoms with Gasteiger partial charge in [0.05, 0.1) is 23.5 Å². The van der Waals surface area contributed by atoms with Crippen LogP contribution in [-0.2, 0) is 11.3 Å². The van der Waals surface area contributed by atoms with Crippen LogP contribution in [0, 0.1) is 5.82 Å². The van der Waals surface area contributed by atoms with E-state index >= 15 is 0 Å². The van der Waals surface area contributed by atoms with Gasteiger partial charge in [0.15, 0.2) is 5.65 Å². The van der Waals surface area contributed by atoms with E-state index in [2.05, 4.69) is 20.3 Å². The molecule has 8 nitrogen and oxygen atoms in total. The molecule has 0 unspecified atom stereocenters. The van der Waals surface area contributed by atoms with Gasteiger partial charge in [-0.1, -0.05) is 17.7 Å². The molecule has 30 heavy (non-hydrogen) atoms. The maximum atomic E-state index is 13.7. The number of hydrogen-bond donors (Lipinski definition) is 1. The van der Waals surface area contributed by atoms with Gasteiger partial charge in [0.25, 0.3) is 0 Å². The molecule has 1 fully saturated rings. The summed E-state index contributed by atoms with van der Waals surface area (Å²) in [5.74, 6) is -0.269. The maximum absolute atomic E-state index is 13.7. The van der Waals surface area contributed by atoms with E-state index in [1.807, 2.05) is 0 Å². The van der Waals surface area contributed by atoms with Gasteiger partial charge in [0.2, 0.25) is 5.91 Å². The van der Waals surface area contributed by atoms with Gasteiger partial charge in [-0.15, -0.1) is 5.10 Å². The molecule has 0 saturated carbocycles. The van der Waals surface area contributed by atoms with E-state index in [-0.39, 0.29) is 11.6 Å². The second kappa shape index (κ2) is 8.43. The Morgan fingerprint density at radius 1 is 1.27 bits per heavy atom. The van der Waals surface area contributed by atoms with Crippen molar-refractivity contribution < 1.29 is 9.18 Å². The molecular formula is C20H22ClFN6O2. The number of aromatic nitrogens is 4. The average Bonchev–Trinajstić information content (AvgIpc) is 3.06. The van der Waals surface area contributed by atoms with E-state index in [1.165, 1.54) is 29.2 Å². The second-order valence-electron chi connectivity index (χ2n) is 7.41. The van der Waals surface area contributed by atoms with Crippen LogP contribution in [0.3, 0.4) is 0 Å². The average molecular weight is 433 g/mol. The van der Waals surface area contributed by atoms with Crippen LogP contribution in [0.5, 0.6) is 0 Å². The Hall–Kier alpha value is -2.94. The van der Waals surface area contributed by atoms with Crippen LogP contribution in [0.4, 0.5) is 10.2 Å². The van der Waals surface area contributed by atoms with Crippen molar-refractivity contribution in [2.75, 3.05) is 18.0 Å². The molecule has 1 aliphatic rings. The zero-order valence-electron chi connectivity index (χ0n) is 16.5. The lowest BCUT2D eigenvalue weighted by Gasteiger charge is -2.28. The summed E-state index contributed by atoms with van der Waals surface area (Å²) in [4.78, 5) is 31.7. The normalized spacial score (nSPS) is 15.4. The number of carbonyl (C=O) groups excluding carboxylic acids is 1. The van der Waals surface area contributed by atoms with Crippen molar-refractivity contribution in [2.24, 2.45) is 0 Å². The van der Waals surface area contributed by atoms with Gasteiger partial charge in [-0.2, -0.15) is 0 Å². The zero-order chi connectivity index (χ0) is 21.3. The fourth-order valence-electron chi connectivity index (χ4n) is 3.69. The number of anilines is 1. The molecular weight excluding hydrogens is 411 g/mol. The molecule has 3 aromatic rings. The van der Waals surface area contributed by atoms with Crippen LogP contribution in [0.25, 0.3) is 5.65 Å². The lowest BCUT2D eigenvalue weighted by Crippen LogP contribution is -2.36. The molecule has 1 saturated heterocycles. The third kappa shape index (κ3) is 4.02. The highest BCUT2D eigenvalue weighted by Gasteiger charge is 2.19. The lowest BCUT2D eigenvalue weighted by molar-refractivity contribution is -0.122. The van der Waals surface area contributed by atoms with Crippen molar-refractivity contribution in [1.82, 2.24) is 24.5 Å². The molecule has 4 rings (SSSR count). The Bertz CT molecular complexity index is 1140. The van der Waals surface area contributed by atoms with Gasteiger partial charge in [-0.25, -0.2) is 18.3 Å². The first-order valence-electron chi connectivity index (χ1n) is 9.87. The van der Waals surface area contributed by atoms with Gasteiger partial charge in [0, 0.05) is 13.1 Å². The van der Waals surface area contributed by atoms with E-state index in [4.69, 9.17) is 11.6 Å². The summed E-state index contributed by atoms with van der Waals surface area (Å²) < 4.78 is 16.3. The van der Waals surface area contributed by atoms with Crippen LogP contribution in [-0.4, -0.2) is 38.2 Å². The van der Waals surface area contributed by atoms with E-state index in [0.29, 0.717) is 17.0 Å². The smallest absolute Gasteiger partial charge is 0.352 e.